The summed E-state index contributed by atoms with van der Waals surface area (Å²) in [6.45, 7) is 2.16. The van der Waals surface area contributed by atoms with Gasteiger partial charge in [-0.05, 0) is 18.6 Å². The van der Waals surface area contributed by atoms with Crippen molar-refractivity contribution in [3.8, 4) is 5.75 Å². The Kier molecular flexibility index (Phi) is 9.76. The molecule has 1 aromatic rings. The molecule has 0 spiro atoms. The molecule has 0 saturated carbocycles. The van der Waals surface area contributed by atoms with E-state index in [1.807, 2.05) is 0 Å². The molecule has 146 valence electrons. The maximum Gasteiger partial charge on any atom is 0.573 e. The topological polar surface area (TPSA) is 55.4 Å². The van der Waals surface area contributed by atoms with Crippen LogP contribution in [0.5, 0.6) is 5.75 Å². The smallest absolute Gasteiger partial charge is 0.406 e. The number of Topliss-reactive ketones (excluding diaryl/α,β-unsaturated/α-hetero) is 1. The molecule has 0 fully saturated rings. The normalized spacial score (nSPS) is 11.2. The number of unbranched alkanes of at least 4 members (excludes halogenated alkanes) is 6. The Morgan fingerprint density at radius 1 is 1.04 bits per heavy atom. The standard InChI is InChI=1S/C19H26F3NO3/c1-2-3-4-5-6-7-8-11-16(24)14-18(25)23-15-10-9-12-17(13-15)26-19(20,21)22/h9-10,12-13H,2-8,11,14H2,1H3,(H,23,25). The van der Waals surface area contributed by atoms with Crippen LogP contribution >= 0.6 is 0 Å². The van der Waals surface area contributed by atoms with Crippen LogP contribution in [0.25, 0.3) is 0 Å². The fourth-order valence-electron chi connectivity index (χ4n) is 2.52. The van der Waals surface area contributed by atoms with Gasteiger partial charge in [0.1, 0.15) is 11.5 Å². The number of nitrogens with one attached hydrogen (secondary N) is 1. The Morgan fingerprint density at radius 3 is 2.35 bits per heavy atom. The summed E-state index contributed by atoms with van der Waals surface area (Å²) in [4.78, 5) is 23.6. The first-order chi connectivity index (χ1) is 12.3. The zero-order valence-electron chi connectivity index (χ0n) is 15.0. The molecule has 0 heterocycles. The minimum absolute atomic E-state index is 0.153. The number of hydrogen-bond acceptors (Lipinski definition) is 3. The lowest BCUT2D eigenvalue weighted by Gasteiger charge is -2.10. The van der Waals surface area contributed by atoms with Crippen molar-refractivity contribution in [2.24, 2.45) is 0 Å². The summed E-state index contributed by atoms with van der Waals surface area (Å²) in [5.74, 6) is -1.13. The van der Waals surface area contributed by atoms with Gasteiger partial charge in [0.25, 0.3) is 0 Å². The molecule has 1 aromatic carbocycles. The van der Waals surface area contributed by atoms with Crippen LogP contribution in [0, 0.1) is 0 Å². The van der Waals surface area contributed by atoms with Gasteiger partial charge in [-0.3, -0.25) is 9.59 Å². The second-order valence-electron chi connectivity index (χ2n) is 6.21. The van der Waals surface area contributed by atoms with E-state index in [-0.39, 0.29) is 17.9 Å². The molecule has 0 aromatic heterocycles. The highest BCUT2D eigenvalue weighted by atomic mass is 19.4. The van der Waals surface area contributed by atoms with E-state index in [1.165, 1.54) is 37.8 Å². The average Bonchev–Trinajstić information content (AvgIpc) is 2.52. The van der Waals surface area contributed by atoms with Crippen LogP contribution in [-0.4, -0.2) is 18.1 Å². The van der Waals surface area contributed by atoms with Gasteiger partial charge in [-0.15, -0.1) is 13.2 Å². The van der Waals surface area contributed by atoms with Gasteiger partial charge in [0, 0.05) is 18.2 Å². The van der Waals surface area contributed by atoms with Gasteiger partial charge >= 0.3 is 6.36 Å². The van der Waals surface area contributed by atoms with Crippen LogP contribution in [-0.2, 0) is 9.59 Å². The Balaban J connectivity index is 2.29. The number of ketones is 1. The third kappa shape index (κ3) is 10.7. The number of amides is 1. The van der Waals surface area contributed by atoms with Gasteiger partial charge in [-0.2, -0.15) is 0 Å². The molecule has 1 rings (SSSR count). The third-order valence-corrected chi connectivity index (χ3v) is 3.77. The van der Waals surface area contributed by atoms with Gasteiger partial charge < -0.3 is 10.1 Å². The Labute approximate surface area is 152 Å². The molecule has 0 atom stereocenters. The van der Waals surface area contributed by atoms with E-state index in [0.717, 1.165) is 31.4 Å². The van der Waals surface area contributed by atoms with Crippen LogP contribution < -0.4 is 10.1 Å². The van der Waals surface area contributed by atoms with Gasteiger partial charge in [-0.1, -0.05) is 51.5 Å². The van der Waals surface area contributed by atoms with E-state index < -0.39 is 18.0 Å². The molecular weight excluding hydrogens is 347 g/mol. The van der Waals surface area contributed by atoms with Crippen LogP contribution in [0.3, 0.4) is 0 Å². The van der Waals surface area contributed by atoms with Crippen molar-refractivity contribution in [1.29, 1.82) is 0 Å². The number of hydrogen-bond donors (Lipinski definition) is 1. The first-order valence-electron chi connectivity index (χ1n) is 8.97. The maximum absolute atomic E-state index is 12.2. The largest absolute Gasteiger partial charge is 0.573 e. The van der Waals surface area contributed by atoms with E-state index >= 15 is 0 Å². The van der Waals surface area contributed by atoms with Crippen LogP contribution in [0.1, 0.15) is 64.7 Å². The van der Waals surface area contributed by atoms with E-state index in [9.17, 15) is 22.8 Å². The van der Waals surface area contributed by atoms with Gasteiger partial charge in [0.05, 0.1) is 6.42 Å². The number of halogens is 3. The van der Waals surface area contributed by atoms with Crippen LogP contribution in [0.4, 0.5) is 18.9 Å². The van der Waals surface area contributed by atoms with Crippen molar-refractivity contribution >= 4 is 17.4 Å². The van der Waals surface area contributed by atoms with Crippen molar-refractivity contribution < 1.29 is 27.5 Å². The van der Waals surface area contributed by atoms with Crippen molar-refractivity contribution in [3.63, 3.8) is 0 Å². The van der Waals surface area contributed by atoms with Crippen molar-refractivity contribution in [2.45, 2.75) is 71.1 Å². The summed E-state index contributed by atoms with van der Waals surface area (Å²) in [6, 6.07) is 4.96. The molecule has 0 unspecified atom stereocenters. The summed E-state index contributed by atoms with van der Waals surface area (Å²) in [5.41, 5.74) is 0.153. The van der Waals surface area contributed by atoms with E-state index in [1.54, 1.807) is 0 Å². The highest BCUT2D eigenvalue weighted by Gasteiger charge is 2.31. The summed E-state index contributed by atoms with van der Waals surface area (Å²) < 4.78 is 40.4. The van der Waals surface area contributed by atoms with Crippen molar-refractivity contribution in [2.75, 3.05) is 5.32 Å². The van der Waals surface area contributed by atoms with E-state index in [0.29, 0.717) is 6.42 Å². The lowest BCUT2D eigenvalue weighted by molar-refractivity contribution is -0.274. The molecule has 1 amide bonds. The quantitative estimate of drug-likeness (QED) is 0.382. The van der Waals surface area contributed by atoms with Gasteiger partial charge in [0.2, 0.25) is 5.91 Å². The molecule has 4 nitrogen and oxygen atoms in total. The molecule has 0 aliphatic rings. The fourth-order valence-corrected chi connectivity index (χ4v) is 2.52. The molecule has 0 aliphatic carbocycles. The lowest BCUT2D eigenvalue weighted by atomic mass is 10.1. The predicted molar refractivity (Wildman–Crippen MR) is 94.0 cm³/mol. The second-order valence-corrected chi connectivity index (χ2v) is 6.21. The molecule has 0 saturated heterocycles. The fraction of sp³-hybridized carbons (Fsp3) is 0.579. The van der Waals surface area contributed by atoms with Gasteiger partial charge in [-0.25, -0.2) is 0 Å². The zero-order chi connectivity index (χ0) is 19.4. The molecule has 0 radical (unpaired) electrons. The number of carbonyl (C=O) groups excluding carboxylic acids is 2. The summed E-state index contributed by atoms with van der Waals surface area (Å²) in [6.07, 6.45) is 2.89. The monoisotopic (exact) mass is 373 g/mol. The third-order valence-electron chi connectivity index (χ3n) is 3.77. The van der Waals surface area contributed by atoms with E-state index in [4.69, 9.17) is 0 Å². The molecule has 1 N–H and O–H groups in total. The van der Waals surface area contributed by atoms with Gasteiger partial charge in [0.15, 0.2) is 0 Å². The SMILES string of the molecule is CCCCCCCCCC(=O)CC(=O)Nc1cccc(OC(F)(F)F)c1. The summed E-state index contributed by atoms with van der Waals surface area (Å²) in [7, 11) is 0. The number of ether oxygens (including phenoxy) is 1. The average molecular weight is 373 g/mol. The molecule has 0 aliphatic heterocycles. The Morgan fingerprint density at radius 2 is 1.69 bits per heavy atom. The minimum atomic E-state index is -4.80. The van der Waals surface area contributed by atoms with E-state index in [2.05, 4.69) is 17.0 Å². The molecule has 0 bridgehead atoms. The van der Waals surface area contributed by atoms with Crippen molar-refractivity contribution in [1.82, 2.24) is 0 Å². The minimum Gasteiger partial charge on any atom is -0.406 e. The molecule has 7 heteroatoms. The highest BCUT2D eigenvalue weighted by molar-refractivity contribution is 6.04. The lowest BCUT2D eigenvalue weighted by Crippen LogP contribution is -2.18. The predicted octanol–water partition coefficient (Wildman–Crippen LogP) is 5.62. The maximum atomic E-state index is 12.2. The van der Waals surface area contributed by atoms with Crippen LogP contribution in [0.15, 0.2) is 24.3 Å². The first kappa shape index (κ1) is 22.0. The summed E-state index contributed by atoms with van der Waals surface area (Å²) in [5, 5.41) is 2.42. The number of carbonyl (C=O) groups is 2. The number of anilines is 1. The number of benzene rings is 1. The van der Waals surface area contributed by atoms with Crippen LogP contribution in [0.2, 0.25) is 0 Å². The first-order valence-corrected chi connectivity index (χ1v) is 8.97. The molecule has 26 heavy (non-hydrogen) atoms. The van der Waals surface area contributed by atoms with Crippen molar-refractivity contribution in [3.05, 3.63) is 24.3 Å². The Hall–Kier alpha value is -2.05. The summed E-state index contributed by atoms with van der Waals surface area (Å²) >= 11 is 0. The zero-order valence-corrected chi connectivity index (χ0v) is 15.0. The Bertz CT molecular complexity index is 573. The second kappa shape index (κ2) is 11.5. The highest BCUT2D eigenvalue weighted by Crippen LogP contribution is 2.25. The molecular formula is C19H26F3NO3. The number of rotatable bonds is 12. The number of alkyl halides is 3.